The molecule has 0 radical (unpaired) electrons. The molecule has 3 fully saturated rings. The third-order valence-corrected chi connectivity index (χ3v) is 5.48. The van der Waals surface area contributed by atoms with Crippen molar-refractivity contribution >= 4 is 41.5 Å². The Balaban J connectivity index is 0.00000196. The first-order chi connectivity index (χ1) is 12.1. The van der Waals surface area contributed by atoms with E-state index >= 15 is 0 Å². The Morgan fingerprint density at radius 3 is 2.62 bits per heavy atom. The van der Waals surface area contributed by atoms with Crippen LogP contribution < -0.4 is 10.6 Å². The molecule has 4 unspecified atom stereocenters. The molecule has 0 spiro atoms. The van der Waals surface area contributed by atoms with Crippen LogP contribution in [0.15, 0.2) is 29.3 Å². The first-order valence-electron chi connectivity index (χ1n) is 8.80. The molecule has 3 aliphatic heterocycles. The summed E-state index contributed by atoms with van der Waals surface area (Å²) in [5, 5.41) is 5.80. The summed E-state index contributed by atoms with van der Waals surface area (Å²) in [6, 6.07) is 5.87. The minimum absolute atomic E-state index is 0. The number of carbonyl (C=O) groups is 1. The fourth-order valence-corrected chi connectivity index (χ4v) is 4.40. The summed E-state index contributed by atoms with van der Waals surface area (Å²) in [4.78, 5) is 18.6. The van der Waals surface area contributed by atoms with Gasteiger partial charge >= 0.3 is 0 Å². The van der Waals surface area contributed by atoms with Crippen molar-refractivity contribution in [1.29, 1.82) is 0 Å². The first-order valence-corrected chi connectivity index (χ1v) is 8.80. The summed E-state index contributed by atoms with van der Waals surface area (Å²) in [6.45, 7) is 1.95. The smallest absolute Gasteiger partial charge is 0.243 e. The normalized spacial score (nSPS) is 29.3. The van der Waals surface area contributed by atoms with Gasteiger partial charge in [0.2, 0.25) is 5.91 Å². The highest BCUT2D eigenvalue weighted by molar-refractivity contribution is 14.0. The van der Waals surface area contributed by atoms with Gasteiger partial charge in [-0.1, -0.05) is 6.07 Å². The van der Waals surface area contributed by atoms with Gasteiger partial charge in [0.05, 0.1) is 18.8 Å². The van der Waals surface area contributed by atoms with E-state index < -0.39 is 0 Å². The molecule has 4 rings (SSSR count). The maximum absolute atomic E-state index is 13.2. The Bertz CT molecular complexity index is 684. The Kier molecular flexibility index (Phi) is 6.01. The number of hydrogen-bond acceptors (Lipinski definition) is 3. The number of anilines is 1. The maximum Gasteiger partial charge on any atom is 0.243 e. The van der Waals surface area contributed by atoms with Crippen LogP contribution in [0.1, 0.15) is 12.8 Å². The summed E-state index contributed by atoms with van der Waals surface area (Å²) in [5.41, 5.74) is 0.450. The van der Waals surface area contributed by atoms with Crippen molar-refractivity contribution in [3.63, 3.8) is 0 Å². The zero-order valence-corrected chi connectivity index (χ0v) is 17.0. The summed E-state index contributed by atoms with van der Waals surface area (Å²) in [7, 11) is 1.73. The van der Waals surface area contributed by atoms with Crippen molar-refractivity contribution in [2.45, 2.75) is 25.0 Å². The van der Waals surface area contributed by atoms with Gasteiger partial charge in [-0.3, -0.25) is 9.79 Å². The fourth-order valence-electron chi connectivity index (χ4n) is 4.40. The number of benzene rings is 1. The molecule has 3 saturated heterocycles. The molecule has 0 aromatic heterocycles. The Morgan fingerprint density at radius 1 is 1.31 bits per heavy atom. The molecule has 0 saturated carbocycles. The van der Waals surface area contributed by atoms with E-state index in [4.69, 9.17) is 4.74 Å². The molecule has 0 aliphatic carbocycles. The summed E-state index contributed by atoms with van der Waals surface area (Å²) >= 11 is 0. The van der Waals surface area contributed by atoms with Crippen LogP contribution in [0, 0.1) is 17.7 Å². The Morgan fingerprint density at radius 2 is 2.00 bits per heavy atom. The Labute approximate surface area is 169 Å². The van der Waals surface area contributed by atoms with Crippen LogP contribution in [-0.2, 0) is 9.53 Å². The van der Waals surface area contributed by atoms with E-state index in [1.807, 2.05) is 0 Å². The number of guanidine groups is 1. The van der Waals surface area contributed by atoms with Crippen LogP contribution in [0.5, 0.6) is 0 Å². The zero-order valence-electron chi connectivity index (χ0n) is 14.7. The minimum Gasteiger partial charge on any atom is -0.374 e. The molecule has 8 heteroatoms. The number of hydrogen-bond donors (Lipinski definition) is 2. The molecule has 3 aliphatic rings. The number of nitrogens with zero attached hydrogens (tertiary/aromatic N) is 2. The van der Waals surface area contributed by atoms with Gasteiger partial charge in [0.15, 0.2) is 5.96 Å². The quantitative estimate of drug-likeness (QED) is 0.400. The molecule has 2 N–H and O–H groups in total. The number of ether oxygens (including phenoxy) is 1. The number of aliphatic imine (C=N–C) groups is 1. The molecule has 26 heavy (non-hydrogen) atoms. The van der Waals surface area contributed by atoms with Crippen LogP contribution in [0.4, 0.5) is 10.1 Å². The van der Waals surface area contributed by atoms with Crippen molar-refractivity contribution in [2.75, 3.05) is 32.0 Å². The van der Waals surface area contributed by atoms with Gasteiger partial charge < -0.3 is 20.3 Å². The molecule has 142 valence electrons. The molecular weight excluding hydrogens is 450 g/mol. The van der Waals surface area contributed by atoms with Gasteiger partial charge in [0, 0.05) is 37.7 Å². The molecule has 3 heterocycles. The Hall–Kier alpha value is -1.42. The van der Waals surface area contributed by atoms with E-state index in [1.54, 1.807) is 19.2 Å². The molecule has 2 bridgehead atoms. The van der Waals surface area contributed by atoms with Crippen molar-refractivity contribution < 1.29 is 13.9 Å². The lowest BCUT2D eigenvalue weighted by atomic mass is 9.82. The van der Waals surface area contributed by atoms with E-state index in [-0.39, 0.29) is 42.2 Å². The van der Waals surface area contributed by atoms with E-state index in [1.165, 1.54) is 25.0 Å². The van der Waals surface area contributed by atoms with Gasteiger partial charge in [-0.25, -0.2) is 4.39 Å². The monoisotopic (exact) mass is 474 g/mol. The number of likely N-dealkylation sites (tertiary alicyclic amines) is 1. The highest BCUT2D eigenvalue weighted by Crippen LogP contribution is 2.47. The van der Waals surface area contributed by atoms with Gasteiger partial charge in [0.1, 0.15) is 5.82 Å². The van der Waals surface area contributed by atoms with E-state index in [0.29, 0.717) is 29.7 Å². The van der Waals surface area contributed by atoms with Crippen LogP contribution in [-0.4, -0.2) is 55.7 Å². The zero-order chi connectivity index (χ0) is 17.4. The fraction of sp³-hybridized carbons (Fsp3) is 0.556. The van der Waals surface area contributed by atoms with Gasteiger partial charge in [0.25, 0.3) is 0 Å². The van der Waals surface area contributed by atoms with Gasteiger partial charge in [-0.05, 0) is 31.0 Å². The van der Waals surface area contributed by atoms with Crippen LogP contribution >= 0.6 is 24.0 Å². The highest BCUT2D eigenvalue weighted by Gasteiger charge is 2.53. The van der Waals surface area contributed by atoms with Crippen molar-refractivity contribution in [3.8, 4) is 0 Å². The highest BCUT2D eigenvalue weighted by atomic mass is 127. The minimum atomic E-state index is -0.373. The third-order valence-electron chi connectivity index (χ3n) is 5.48. The van der Waals surface area contributed by atoms with Crippen LogP contribution in [0.3, 0.4) is 0 Å². The number of carbonyl (C=O) groups excluding carboxylic acids is 1. The molecule has 1 aromatic rings. The molecular formula is C18H24FIN4O2. The number of halogens is 2. The summed E-state index contributed by atoms with van der Waals surface area (Å²) < 4.78 is 19.2. The maximum atomic E-state index is 13.2. The topological polar surface area (TPSA) is 66.0 Å². The van der Waals surface area contributed by atoms with Gasteiger partial charge in [-0.15, -0.1) is 24.0 Å². The van der Waals surface area contributed by atoms with Crippen molar-refractivity contribution in [2.24, 2.45) is 16.8 Å². The SMILES string of the molecule is CN=C(NCC(=O)Nc1cccc(F)c1)N1CC2C3CCC(O3)C2C1.I. The first kappa shape index (κ1) is 19.3. The second kappa shape index (κ2) is 8.08. The molecule has 4 atom stereocenters. The number of nitrogens with one attached hydrogen (secondary N) is 2. The van der Waals surface area contributed by atoms with Crippen LogP contribution in [0.25, 0.3) is 0 Å². The third kappa shape index (κ3) is 3.80. The second-order valence-electron chi connectivity index (χ2n) is 6.98. The number of amides is 1. The number of rotatable bonds is 3. The largest absolute Gasteiger partial charge is 0.374 e. The predicted molar refractivity (Wildman–Crippen MR) is 108 cm³/mol. The lowest BCUT2D eigenvalue weighted by Gasteiger charge is -2.23. The number of fused-ring (bicyclic) bond motifs is 5. The predicted octanol–water partition coefficient (Wildman–Crippen LogP) is 2.07. The molecule has 1 amide bonds. The van der Waals surface area contributed by atoms with Crippen molar-refractivity contribution in [1.82, 2.24) is 10.2 Å². The lowest BCUT2D eigenvalue weighted by Crippen LogP contribution is -2.44. The van der Waals surface area contributed by atoms with E-state index in [0.717, 1.165) is 19.0 Å². The average Bonchev–Trinajstić information content (AvgIpc) is 3.28. The van der Waals surface area contributed by atoms with Crippen molar-refractivity contribution in [3.05, 3.63) is 30.1 Å². The summed E-state index contributed by atoms with van der Waals surface area (Å²) in [6.07, 6.45) is 3.13. The average molecular weight is 474 g/mol. The van der Waals surface area contributed by atoms with E-state index in [2.05, 4.69) is 20.5 Å². The summed E-state index contributed by atoms with van der Waals surface area (Å²) in [5.74, 6) is 1.30. The molecule has 6 nitrogen and oxygen atoms in total. The van der Waals surface area contributed by atoms with E-state index in [9.17, 15) is 9.18 Å². The molecule has 1 aromatic carbocycles. The van der Waals surface area contributed by atoms with Crippen LogP contribution in [0.2, 0.25) is 0 Å². The second-order valence-corrected chi connectivity index (χ2v) is 6.98. The van der Waals surface area contributed by atoms with Gasteiger partial charge in [-0.2, -0.15) is 0 Å². The lowest BCUT2D eigenvalue weighted by molar-refractivity contribution is -0.115. The standard InChI is InChI=1S/C18H23FN4O2.HI/c1-20-18(21-8-17(24)22-12-4-2-3-11(19)7-12)23-9-13-14(10-23)16-6-5-15(13)25-16;/h2-4,7,13-16H,5-6,8-10H2,1H3,(H,20,21)(H,22,24);1H.